The maximum atomic E-state index is 12.7. The molecule has 0 radical (unpaired) electrons. The third-order valence-electron chi connectivity index (χ3n) is 5.37. The van der Waals surface area contributed by atoms with E-state index in [1.807, 2.05) is 37.3 Å². The van der Waals surface area contributed by atoms with Gasteiger partial charge in [-0.1, -0.05) is 30.3 Å². The second kappa shape index (κ2) is 9.40. The molecule has 1 heterocycles. The molecule has 0 fully saturated rings. The fourth-order valence-corrected chi connectivity index (χ4v) is 4.98. The number of aryl methyl sites for hydroxylation is 2. The minimum atomic E-state index is -3.77. The number of aromatic amines is 1. The number of H-pyrrole nitrogens is 1. The third kappa shape index (κ3) is 5.10. The molecule has 0 spiro atoms. The smallest absolute Gasteiger partial charge is 0.269 e. The van der Waals surface area contributed by atoms with Crippen LogP contribution in [-0.4, -0.2) is 25.2 Å². The highest BCUT2D eigenvalue weighted by atomic mass is 32.2. The van der Waals surface area contributed by atoms with Crippen LogP contribution in [0, 0.1) is 13.8 Å². The SMILES string of the molecule is Cc1ccc(C)c(S(=O)(=O)Nc2ccc(C(=O)NNC(=O)Cc3c[nH]c4ccccc34)cc2)c1. The van der Waals surface area contributed by atoms with E-state index in [4.69, 9.17) is 0 Å². The molecule has 8 nitrogen and oxygen atoms in total. The van der Waals surface area contributed by atoms with Crippen LogP contribution in [0.15, 0.2) is 77.8 Å². The molecule has 0 atom stereocenters. The van der Waals surface area contributed by atoms with Gasteiger partial charge in [-0.2, -0.15) is 0 Å². The van der Waals surface area contributed by atoms with Crippen molar-refractivity contribution < 1.29 is 18.0 Å². The molecule has 2 amide bonds. The van der Waals surface area contributed by atoms with Crippen molar-refractivity contribution in [3.63, 3.8) is 0 Å². The minimum absolute atomic E-state index is 0.101. The molecule has 0 aliphatic carbocycles. The highest BCUT2D eigenvalue weighted by Crippen LogP contribution is 2.21. The Kier molecular flexibility index (Phi) is 6.38. The predicted octanol–water partition coefficient (Wildman–Crippen LogP) is 3.59. The molecule has 1 aromatic heterocycles. The molecule has 34 heavy (non-hydrogen) atoms. The number of para-hydroxylation sites is 1. The molecule has 174 valence electrons. The summed E-state index contributed by atoms with van der Waals surface area (Å²) < 4.78 is 28.0. The van der Waals surface area contributed by atoms with Crippen molar-refractivity contribution in [2.75, 3.05) is 4.72 Å². The van der Waals surface area contributed by atoms with Crippen molar-refractivity contribution in [1.82, 2.24) is 15.8 Å². The van der Waals surface area contributed by atoms with E-state index in [0.29, 0.717) is 11.3 Å². The van der Waals surface area contributed by atoms with Crippen LogP contribution in [0.4, 0.5) is 5.69 Å². The first-order valence-electron chi connectivity index (χ1n) is 10.6. The molecule has 0 bridgehead atoms. The Labute approximate surface area is 197 Å². The molecule has 0 unspecified atom stereocenters. The first-order valence-corrected chi connectivity index (χ1v) is 12.1. The molecule has 0 aliphatic heterocycles. The first-order chi connectivity index (χ1) is 16.2. The minimum Gasteiger partial charge on any atom is -0.361 e. The van der Waals surface area contributed by atoms with Gasteiger partial charge < -0.3 is 4.98 Å². The number of sulfonamides is 1. The number of benzene rings is 3. The van der Waals surface area contributed by atoms with E-state index in [1.54, 1.807) is 25.3 Å². The van der Waals surface area contributed by atoms with Crippen LogP contribution in [0.3, 0.4) is 0 Å². The number of carbonyl (C=O) groups is 2. The standard InChI is InChI=1S/C25H24N4O4S/c1-16-7-8-17(2)23(13-16)34(32,33)29-20-11-9-18(10-12-20)25(31)28-27-24(30)14-19-15-26-22-6-4-3-5-21(19)22/h3-13,15,26,29H,14H2,1-2H3,(H,27,30)(H,28,31). The number of hydrazine groups is 1. The van der Waals surface area contributed by atoms with E-state index in [9.17, 15) is 18.0 Å². The predicted molar refractivity (Wildman–Crippen MR) is 131 cm³/mol. The van der Waals surface area contributed by atoms with Gasteiger partial charge in [-0.15, -0.1) is 0 Å². The Hall–Kier alpha value is -4.11. The maximum Gasteiger partial charge on any atom is 0.269 e. The summed E-state index contributed by atoms with van der Waals surface area (Å²) in [6.07, 6.45) is 1.87. The summed E-state index contributed by atoms with van der Waals surface area (Å²) in [5, 5.41) is 0.947. The average molecular weight is 477 g/mol. The van der Waals surface area contributed by atoms with Crippen LogP contribution >= 0.6 is 0 Å². The zero-order valence-electron chi connectivity index (χ0n) is 18.7. The number of hydrogen-bond acceptors (Lipinski definition) is 4. The lowest BCUT2D eigenvalue weighted by Crippen LogP contribution is -2.42. The molecule has 0 saturated heterocycles. The number of nitrogens with one attached hydrogen (secondary N) is 4. The van der Waals surface area contributed by atoms with Gasteiger partial charge in [0.2, 0.25) is 5.91 Å². The quantitative estimate of drug-likeness (QED) is 0.318. The van der Waals surface area contributed by atoms with Gasteiger partial charge >= 0.3 is 0 Å². The summed E-state index contributed by atoms with van der Waals surface area (Å²) >= 11 is 0. The topological polar surface area (TPSA) is 120 Å². The molecule has 0 saturated carbocycles. The number of amides is 2. The van der Waals surface area contributed by atoms with Gasteiger partial charge in [0.15, 0.2) is 0 Å². The van der Waals surface area contributed by atoms with Crippen molar-refractivity contribution in [2.45, 2.75) is 25.2 Å². The second-order valence-corrected chi connectivity index (χ2v) is 9.64. The van der Waals surface area contributed by atoms with Gasteiger partial charge in [-0.3, -0.25) is 25.2 Å². The van der Waals surface area contributed by atoms with E-state index in [2.05, 4.69) is 20.6 Å². The third-order valence-corrected chi connectivity index (χ3v) is 6.90. The molecule has 4 aromatic rings. The first kappa shape index (κ1) is 23.1. The Morgan fingerprint density at radius 3 is 2.41 bits per heavy atom. The highest BCUT2D eigenvalue weighted by molar-refractivity contribution is 7.92. The summed E-state index contributed by atoms with van der Waals surface area (Å²) in [6.45, 7) is 3.55. The Balaban J connectivity index is 1.35. The lowest BCUT2D eigenvalue weighted by molar-refractivity contribution is -0.121. The zero-order chi connectivity index (χ0) is 24.3. The van der Waals surface area contributed by atoms with Gasteiger partial charge in [0.25, 0.3) is 15.9 Å². The zero-order valence-corrected chi connectivity index (χ0v) is 19.5. The summed E-state index contributed by atoms with van der Waals surface area (Å²) in [4.78, 5) is 28.0. The average Bonchev–Trinajstić information content (AvgIpc) is 3.22. The second-order valence-electron chi connectivity index (χ2n) is 7.99. The van der Waals surface area contributed by atoms with Crippen molar-refractivity contribution in [1.29, 1.82) is 0 Å². The van der Waals surface area contributed by atoms with Crippen LogP contribution in [0.2, 0.25) is 0 Å². The van der Waals surface area contributed by atoms with Crippen molar-refractivity contribution in [3.05, 3.63) is 95.2 Å². The van der Waals surface area contributed by atoms with Crippen molar-refractivity contribution >= 4 is 38.4 Å². The molecule has 9 heteroatoms. The van der Waals surface area contributed by atoms with Gasteiger partial charge in [0, 0.05) is 28.4 Å². The number of hydrogen-bond donors (Lipinski definition) is 4. The Morgan fingerprint density at radius 1 is 0.912 bits per heavy atom. The van der Waals surface area contributed by atoms with Crippen LogP contribution in [0.1, 0.15) is 27.0 Å². The summed E-state index contributed by atoms with van der Waals surface area (Å²) in [7, 11) is -3.77. The van der Waals surface area contributed by atoms with Crippen molar-refractivity contribution in [2.24, 2.45) is 0 Å². The summed E-state index contributed by atoms with van der Waals surface area (Å²) in [5.41, 5.74) is 8.60. The fraction of sp³-hybridized carbons (Fsp3) is 0.120. The maximum absolute atomic E-state index is 12.7. The van der Waals surface area contributed by atoms with E-state index in [1.165, 1.54) is 24.3 Å². The van der Waals surface area contributed by atoms with Gasteiger partial charge in [0.1, 0.15) is 0 Å². The number of fused-ring (bicyclic) bond motifs is 1. The Bertz CT molecular complexity index is 1470. The molecular weight excluding hydrogens is 452 g/mol. The normalized spacial score (nSPS) is 11.2. The number of rotatable bonds is 6. The number of carbonyl (C=O) groups excluding carboxylic acids is 2. The molecule has 0 aliphatic rings. The lowest BCUT2D eigenvalue weighted by Gasteiger charge is -2.12. The van der Waals surface area contributed by atoms with Gasteiger partial charge in [-0.25, -0.2) is 8.42 Å². The molecule has 4 N–H and O–H groups in total. The molecule has 3 aromatic carbocycles. The monoisotopic (exact) mass is 476 g/mol. The van der Waals surface area contributed by atoms with Crippen LogP contribution in [0.5, 0.6) is 0 Å². The summed E-state index contributed by atoms with van der Waals surface area (Å²) in [5.74, 6) is -0.882. The van der Waals surface area contributed by atoms with Gasteiger partial charge in [0.05, 0.1) is 11.3 Å². The van der Waals surface area contributed by atoms with E-state index >= 15 is 0 Å². The highest BCUT2D eigenvalue weighted by Gasteiger charge is 2.17. The molecular formula is C25H24N4O4S. The largest absolute Gasteiger partial charge is 0.361 e. The van der Waals surface area contributed by atoms with Crippen molar-refractivity contribution in [3.8, 4) is 0 Å². The lowest BCUT2D eigenvalue weighted by atomic mass is 10.1. The van der Waals surface area contributed by atoms with Crippen LogP contribution < -0.4 is 15.6 Å². The van der Waals surface area contributed by atoms with Crippen LogP contribution in [0.25, 0.3) is 10.9 Å². The number of anilines is 1. The van der Waals surface area contributed by atoms with E-state index in [-0.39, 0.29) is 22.8 Å². The fourth-order valence-electron chi connectivity index (χ4n) is 3.59. The Morgan fingerprint density at radius 2 is 1.65 bits per heavy atom. The summed E-state index contributed by atoms with van der Waals surface area (Å²) in [6, 6.07) is 18.8. The van der Waals surface area contributed by atoms with Crippen LogP contribution in [-0.2, 0) is 21.2 Å². The van der Waals surface area contributed by atoms with E-state index < -0.39 is 15.9 Å². The number of aromatic nitrogens is 1. The van der Waals surface area contributed by atoms with Gasteiger partial charge in [-0.05, 0) is 66.9 Å². The van der Waals surface area contributed by atoms with E-state index in [0.717, 1.165) is 22.0 Å². The molecule has 4 rings (SSSR count).